The monoisotopic (exact) mass is 364 g/mol. The van der Waals surface area contributed by atoms with Crippen LogP contribution in [-0.4, -0.2) is 7.11 Å². The van der Waals surface area contributed by atoms with Gasteiger partial charge < -0.3 is 9.47 Å². The van der Waals surface area contributed by atoms with Gasteiger partial charge >= 0.3 is 0 Å². The third-order valence-electron chi connectivity index (χ3n) is 5.65. The Morgan fingerprint density at radius 1 is 0.750 bits per heavy atom. The summed E-state index contributed by atoms with van der Waals surface area (Å²) in [5.74, 6) is 2.41. The van der Waals surface area contributed by atoms with E-state index >= 15 is 0 Å². The summed E-state index contributed by atoms with van der Waals surface area (Å²) in [6.07, 6.45) is 0. The first-order valence-electron chi connectivity index (χ1n) is 9.34. The molecule has 0 radical (unpaired) electrons. The molecule has 0 fully saturated rings. The minimum atomic E-state index is -0.580. The number of benzene rings is 4. The van der Waals surface area contributed by atoms with Crippen molar-refractivity contribution < 1.29 is 9.47 Å². The van der Waals surface area contributed by atoms with Gasteiger partial charge in [0.1, 0.15) is 22.7 Å². The van der Waals surface area contributed by atoms with Gasteiger partial charge in [0, 0.05) is 5.56 Å². The highest BCUT2D eigenvalue weighted by molar-refractivity contribution is 5.92. The Labute approximate surface area is 164 Å². The molecule has 1 aliphatic heterocycles. The number of methoxy groups -OCH3 is 1. The van der Waals surface area contributed by atoms with E-state index < -0.39 is 5.41 Å². The summed E-state index contributed by atoms with van der Waals surface area (Å²) in [6.45, 7) is 4.37. The minimum Gasteiger partial charge on any atom is -0.497 e. The number of fused-ring (bicyclic) bond motifs is 3. The molecule has 28 heavy (non-hydrogen) atoms. The molecule has 4 aromatic rings. The highest BCUT2D eigenvalue weighted by Gasteiger charge is 2.48. The smallest absolute Gasteiger partial charge is 0.132 e. The Morgan fingerprint density at radius 3 is 2.18 bits per heavy atom. The van der Waals surface area contributed by atoms with Gasteiger partial charge in [-0.15, -0.1) is 0 Å². The summed E-state index contributed by atoms with van der Waals surface area (Å²) in [7, 11) is 1.68. The van der Waals surface area contributed by atoms with E-state index in [-0.39, 0.29) is 0 Å². The van der Waals surface area contributed by atoms with Crippen LogP contribution >= 0.6 is 0 Å². The first kappa shape index (κ1) is 16.6. The summed E-state index contributed by atoms with van der Waals surface area (Å²) in [4.78, 5) is 0. The van der Waals surface area contributed by atoms with Crippen molar-refractivity contribution in [2.45, 2.75) is 5.41 Å². The molecule has 0 bridgehead atoms. The maximum atomic E-state index is 6.27. The van der Waals surface area contributed by atoms with Gasteiger partial charge in [-0.2, -0.15) is 0 Å². The van der Waals surface area contributed by atoms with Crippen molar-refractivity contribution in [2.75, 3.05) is 7.11 Å². The van der Waals surface area contributed by atoms with Crippen molar-refractivity contribution in [1.82, 2.24) is 0 Å². The molecular formula is C26H20O2. The molecular weight excluding hydrogens is 344 g/mol. The van der Waals surface area contributed by atoms with Gasteiger partial charge in [-0.3, -0.25) is 0 Å². The van der Waals surface area contributed by atoms with Crippen molar-refractivity contribution in [2.24, 2.45) is 0 Å². The predicted molar refractivity (Wildman–Crippen MR) is 113 cm³/mol. The quantitative estimate of drug-likeness (QED) is 0.438. The molecule has 136 valence electrons. The average Bonchev–Trinajstić information content (AvgIpc) is 3.07. The SMILES string of the molecule is C=C1Oc2ccc3ccccc3c2[C@@]1(c1ccccc1)c1ccc(OC)cc1. The third kappa shape index (κ3) is 2.21. The maximum absolute atomic E-state index is 6.27. The predicted octanol–water partition coefficient (Wildman–Crippen LogP) is 6.09. The lowest BCUT2D eigenvalue weighted by Crippen LogP contribution is -2.29. The Morgan fingerprint density at radius 2 is 1.43 bits per heavy atom. The van der Waals surface area contributed by atoms with Gasteiger partial charge in [-0.1, -0.05) is 79.4 Å². The lowest BCUT2D eigenvalue weighted by molar-refractivity contribution is 0.410. The van der Waals surface area contributed by atoms with Crippen LogP contribution in [0.2, 0.25) is 0 Å². The molecule has 2 nitrogen and oxygen atoms in total. The first-order chi connectivity index (χ1) is 13.7. The van der Waals surface area contributed by atoms with Crippen molar-refractivity contribution in [3.8, 4) is 11.5 Å². The Hall–Kier alpha value is -3.52. The standard InChI is InChI=1S/C26H20O2/c1-18-26(20-9-4-3-5-10-20,21-13-15-22(27-2)16-14-21)25-23-11-7-6-8-19(23)12-17-24(25)28-18/h3-17H,1H2,2H3/t26-/m0/s1. The number of rotatable bonds is 3. The second-order valence-corrected chi connectivity index (χ2v) is 7.03. The maximum Gasteiger partial charge on any atom is 0.132 e. The second kappa shape index (κ2) is 6.28. The van der Waals surface area contributed by atoms with Gasteiger partial charge in [-0.05, 0) is 40.1 Å². The molecule has 4 aromatic carbocycles. The van der Waals surface area contributed by atoms with E-state index in [0.29, 0.717) is 0 Å². The largest absolute Gasteiger partial charge is 0.497 e. The van der Waals surface area contributed by atoms with Gasteiger partial charge in [0.25, 0.3) is 0 Å². The fourth-order valence-electron chi connectivity index (χ4n) is 4.38. The molecule has 1 atom stereocenters. The van der Waals surface area contributed by atoms with E-state index in [1.807, 2.05) is 18.2 Å². The number of ether oxygens (including phenoxy) is 2. The fourth-order valence-corrected chi connectivity index (χ4v) is 4.38. The Balaban J connectivity index is 1.91. The van der Waals surface area contributed by atoms with Crippen LogP contribution in [0.3, 0.4) is 0 Å². The highest BCUT2D eigenvalue weighted by atomic mass is 16.5. The van der Waals surface area contributed by atoms with Crippen molar-refractivity contribution >= 4 is 10.8 Å². The third-order valence-corrected chi connectivity index (χ3v) is 5.65. The van der Waals surface area contributed by atoms with Crippen molar-refractivity contribution in [3.63, 3.8) is 0 Å². The van der Waals surface area contributed by atoms with Crippen LogP contribution in [-0.2, 0) is 5.41 Å². The highest BCUT2D eigenvalue weighted by Crippen LogP contribution is 2.55. The van der Waals surface area contributed by atoms with E-state index in [0.717, 1.165) is 33.9 Å². The molecule has 1 aliphatic rings. The van der Waals surface area contributed by atoms with Crippen LogP contribution in [0.15, 0.2) is 103 Å². The normalized spacial score (nSPS) is 18.0. The zero-order valence-corrected chi connectivity index (χ0v) is 15.7. The zero-order valence-electron chi connectivity index (χ0n) is 15.7. The lowest BCUT2D eigenvalue weighted by atomic mass is 9.68. The molecule has 0 unspecified atom stereocenters. The zero-order chi connectivity index (χ0) is 19.1. The van der Waals surface area contributed by atoms with E-state index in [2.05, 4.69) is 79.4 Å². The molecule has 0 aliphatic carbocycles. The molecule has 0 spiro atoms. The van der Waals surface area contributed by atoms with Crippen molar-refractivity contribution in [3.05, 3.63) is 120 Å². The van der Waals surface area contributed by atoms with Crippen LogP contribution in [0.5, 0.6) is 11.5 Å². The summed E-state index contributed by atoms with van der Waals surface area (Å²) in [5.41, 5.74) is 2.82. The molecule has 5 rings (SSSR count). The summed E-state index contributed by atoms with van der Waals surface area (Å²) in [5, 5.41) is 2.37. The van der Waals surface area contributed by atoms with E-state index in [9.17, 15) is 0 Å². The topological polar surface area (TPSA) is 18.5 Å². The van der Waals surface area contributed by atoms with Crippen LogP contribution in [0.25, 0.3) is 10.8 Å². The van der Waals surface area contributed by atoms with E-state index in [4.69, 9.17) is 9.47 Å². The number of hydrogen-bond acceptors (Lipinski definition) is 2. The molecule has 0 saturated carbocycles. The molecule has 1 heterocycles. The lowest BCUT2D eigenvalue weighted by Gasteiger charge is -2.31. The van der Waals surface area contributed by atoms with Crippen LogP contribution in [0.1, 0.15) is 16.7 Å². The Kier molecular flexibility index (Phi) is 3.73. The fraction of sp³-hybridized carbons (Fsp3) is 0.0769. The summed E-state index contributed by atoms with van der Waals surface area (Å²) >= 11 is 0. The van der Waals surface area contributed by atoms with Gasteiger partial charge in [0.15, 0.2) is 0 Å². The minimum absolute atomic E-state index is 0.580. The molecule has 0 saturated heterocycles. The molecule has 0 aromatic heterocycles. The van der Waals surface area contributed by atoms with Crippen LogP contribution < -0.4 is 9.47 Å². The van der Waals surface area contributed by atoms with Crippen molar-refractivity contribution in [1.29, 1.82) is 0 Å². The van der Waals surface area contributed by atoms with E-state index in [1.165, 1.54) is 10.8 Å². The molecule has 0 amide bonds. The summed E-state index contributed by atoms with van der Waals surface area (Å²) in [6, 6.07) is 31.3. The number of allylic oxidation sites excluding steroid dienone is 1. The molecule has 2 heteroatoms. The summed E-state index contributed by atoms with van der Waals surface area (Å²) < 4.78 is 11.7. The molecule has 0 N–H and O–H groups in total. The first-order valence-corrected chi connectivity index (χ1v) is 9.34. The van der Waals surface area contributed by atoms with Gasteiger partial charge in [0.05, 0.1) is 7.11 Å². The van der Waals surface area contributed by atoms with E-state index in [1.54, 1.807) is 7.11 Å². The Bertz CT molecular complexity index is 1180. The van der Waals surface area contributed by atoms with Crippen LogP contribution in [0.4, 0.5) is 0 Å². The van der Waals surface area contributed by atoms with Gasteiger partial charge in [-0.25, -0.2) is 0 Å². The average molecular weight is 364 g/mol. The van der Waals surface area contributed by atoms with Gasteiger partial charge in [0.2, 0.25) is 0 Å². The number of hydrogen-bond donors (Lipinski definition) is 0. The van der Waals surface area contributed by atoms with Crippen LogP contribution in [0, 0.1) is 0 Å². The second-order valence-electron chi connectivity index (χ2n) is 7.03.